The zero-order valence-electron chi connectivity index (χ0n) is 12.6. The quantitative estimate of drug-likeness (QED) is 0.859. The fourth-order valence-corrected chi connectivity index (χ4v) is 2.55. The van der Waals surface area contributed by atoms with Gasteiger partial charge < -0.3 is 9.52 Å². The molecule has 1 heterocycles. The van der Waals surface area contributed by atoms with Gasteiger partial charge in [0.05, 0.1) is 0 Å². The standard InChI is InChI=1S/C17H22O3/c1-5-6-13-14(18)8-7-12-11(10-17(2,3)4)9-15(19)20-16(12)13/h7-9,18H,5-6,10H2,1-4H3. The molecule has 0 aliphatic carbocycles. The van der Waals surface area contributed by atoms with Crippen LogP contribution in [0.4, 0.5) is 0 Å². The van der Waals surface area contributed by atoms with Gasteiger partial charge in [-0.1, -0.05) is 34.1 Å². The molecule has 0 unspecified atom stereocenters. The first-order valence-corrected chi connectivity index (χ1v) is 7.09. The highest BCUT2D eigenvalue weighted by Crippen LogP contribution is 2.31. The largest absolute Gasteiger partial charge is 0.508 e. The van der Waals surface area contributed by atoms with E-state index in [0.717, 1.165) is 29.4 Å². The normalized spacial score (nSPS) is 12.0. The van der Waals surface area contributed by atoms with Gasteiger partial charge in [0.1, 0.15) is 11.3 Å². The molecule has 0 radical (unpaired) electrons. The number of phenols is 1. The molecule has 0 fully saturated rings. The molecule has 0 bridgehead atoms. The molecule has 0 amide bonds. The van der Waals surface area contributed by atoms with E-state index in [9.17, 15) is 9.90 Å². The minimum Gasteiger partial charge on any atom is -0.508 e. The lowest BCUT2D eigenvalue weighted by Gasteiger charge is -2.19. The molecule has 3 heteroatoms. The van der Waals surface area contributed by atoms with Crippen LogP contribution in [0.15, 0.2) is 27.4 Å². The van der Waals surface area contributed by atoms with Crippen molar-refractivity contribution in [1.29, 1.82) is 0 Å². The molecule has 108 valence electrons. The highest BCUT2D eigenvalue weighted by molar-refractivity contribution is 5.85. The number of hydrogen-bond donors (Lipinski definition) is 1. The third kappa shape index (κ3) is 3.03. The zero-order valence-corrected chi connectivity index (χ0v) is 12.6. The highest BCUT2D eigenvalue weighted by Gasteiger charge is 2.17. The fraction of sp³-hybridized carbons (Fsp3) is 0.471. The number of fused-ring (bicyclic) bond motifs is 1. The second-order valence-electron chi connectivity index (χ2n) is 6.52. The van der Waals surface area contributed by atoms with Crippen LogP contribution in [0, 0.1) is 5.41 Å². The van der Waals surface area contributed by atoms with Crippen LogP contribution in [-0.2, 0) is 12.8 Å². The first kappa shape index (κ1) is 14.6. The van der Waals surface area contributed by atoms with Gasteiger partial charge in [-0.05, 0) is 36.0 Å². The van der Waals surface area contributed by atoms with Crippen molar-refractivity contribution in [1.82, 2.24) is 0 Å². The van der Waals surface area contributed by atoms with Crippen LogP contribution in [0.2, 0.25) is 0 Å². The van der Waals surface area contributed by atoms with Crippen molar-refractivity contribution in [3.8, 4) is 5.75 Å². The molecule has 2 rings (SSSR count). The van der Waals surface area contributed by atoms with E-state index in [-0.39, 0.29) is 16.8 Å². The van der Waals surface area contributed by atoms with Gasteiger partial charge in [0.15, 0.2) is 0 Å². The van der Waals surface area contributed by atoms with Gasteiger partial charge in [-0.3, -0.25) is 0 Å². The Balaban J connectivity index is 2.72. The smallest absolute Gasteiger partial charge is 0.336 e. The lowest BCUT2D eigenvalue weighted by atomic mass is 9.86. The second-order valence-corrected chi connectivity index (χ2v) is 6.52. The summed E-state index contributed by atoms with van der Waals surface area (Å²) in [6.45, 7) is 8.46. The molecule has 0 saturated heterocycles. The van der Waals surface area contributed by atoms with Crippen molar-refractivity contribution < 1.29 is 9.52 Å². The average molecular weight is 274 g/mol. The van der Waals surface area contributed by atoms with Crippen molar-refractivity contribution in [2.45, 2.75) is 47.0 Å². The van der Waals surface area contributed by atoms with Gasteiger partial charge >= 0.3 is 5.63 Å². The van der Waals surface area contributed by atoms with Crippen LogP contribution in [0.1, 0.15) is 45.2 Å². The molecule has 1 aromatic heterocycles. The molecular formula is C17H22O3. The molecule has 0 saturated carbocycles. The summed E-state index contributed by atoms with van der Waals surface area (Å²) >= 11 is 0. The summed E-state index contributed by atoms with van der Waals surface area (Å²) in [5.41, 5.74) is 2.00. The molecule has 0 aliphatic rings. The Morgan fingerprint density at radius 1 is 1.25 bits per heavy atom. The number of aromatic hydroxyl groups is 1. The van der Waals surface area contributed by atoms with Gasteiger partial charge in [0, 0.05) is 17.0 Å². The van der Waals surface area contributed by atoms with Crippen LogP contribution in [-0.4, -0.2) is 5.11 Å². The maximum atomic E-state index is 11.8. The van der Waals surface area contributed by atoms with E-state index in [1.807, 2.05) is 13.0 Å². The summed E-state index contributed by atoms with van der Waals surface area (Å²) in [6, 6.07) is 5.10. The van der Waals surface area contributed by atoms with E-state index in [1.54, 1.807) is 12.1 Å². The molecule has 1 aromatic carbocycles. The van der Waals surface area contributed by atoms with Gasteiger partial charge in [-0.15, -0.1) is 0 Å². The molecule has 20 heavy (non-hydrogen) atoms. The van der Waals surface area contributed by atoms with E-state index in [2.05, 4.69) is 20.8 Å². The Morgan fingerprint density at radius 3 is 2.55 bits per heavy atom. The number of rotatable bonds is 3. The van der Waals surface area contributed by atoms with Crippen LogP contribution >= 0.6 is 0 Å². The highest BCUT2D eigenvalue weighted by atomic mass is 16.4. The summed E-state index contributed by atoms with van der Waals surface area (Å²) in [6.07, 6.45) is 2.39. The zero-order chi connectivity index (χ0) is 14.9. The van der Waals surface area contributed by atoms with Crippen molar-refractivity contribution in [3.05, 3.63) is 39.7 Å². The first-order chi connectivity index (χ1) is 9.31. The molecule has 0 atom stereocenters. The summed E-state index contributed by atoms with van der Waals surface area (Å²) < 4.78 is 5.37. The summed E-state index contributed by atoms with van der Waals surface area (Å²) in [4.78, 5) is 11.8. The van der Waals surface area contributed by atoms with Crippen LogP contribution in [0.5, 0.6) is 5.75 Å². The molecule has 0 spiro atoms. The molecule has 3 nitrogen and oxygen atoms in total. The number of benzene rings is 1. The minimum absolute atomic E-state index is 0.0868. The van der Waals surface area contributed by atoms with Crippen LogP contribution < -0.4 is 5.63 Å². The SMILES string of the molecule is CCCc1c(O)ccc2c(CC(C)(C)C)cc(=O)oc12. The Morgan fingerprint density at radius 2 is 1.95 bits per heavy atom. The lowest BCUT2D eigenvalue weighted by molar-refractivity contribution is 0.410. The molecular weight excluding hydrogens is 252 g/mol. The van der Waals surface area contributed by atoms with Gasteiger partial charge in [-0.25, -0.2) is 4.79 Å². The predicted octanol–water partition coefficient (Wildman–Crippen LogP) is 4.04. The van der Waals surface area contributed by atoms with E-state index in [0.29, 0.717) is 12.0 Å². The Hall–Kier alpha value is -1.77. The maximum Gasteiger partial charge on any atom is 0.336 e. The van der Waals surface area contributed by atoms with Crippen LogP contribution in [0.25, 0.3) is 11.0 Å². The fourth-order valence-electron chi connectivity index (χ4n) is 2.55. The Bertz CT molecular complexity index is 675. The second kappa shape index (κ2) is 5.31. The van der Waals surface area contributed by atoms with Crippen molar-refractivity contribution in [2.75, 3.05) is 0 Å². The average Bonchev–Trinajstić information content (AvgIpc) is 2.31. The topological polar surface area (TPSA) is 50.4 Å². The monoisotopic (exact) mass is 274 g/mol. The van der Waals surface area contributed by atoms with E-state index in [4.69, 9.17) is 4.42 Å². The van der Waals surface area contributed by atoms with E-state index < -0.39 is 0 Å². The summed E-state index contributed by atoms with van der Waals surface area (Å²) in [5, 5.41) is 10.9. The molecule has 2 aromatic rings. The number of phenolic OH excluding ortho intramolecular Hbond substituents is 1. The predicted molar refractivity (Wildman–Crippen MR) is 81.3 cm³/mol. The molecule has 1 N–H and O–H groups in total. The van der Waals surface area contributed by atoms with E-state index in [1.165, 1.54) is 0 Å². The van der Waals surface area contributed by atoms with Gasteiger partial charge in [0.2, 0.25) is 0 Å². The summed E-state index contributed by atoms with van der Waals surface area (Å²) in [7, 11) is 0. The first-order valence-electron chi connectivity index (χ1n) is 7.09. The van der Waals surface area contributed by atoms with Gasteiger partial charge in [-0.2, -0.15) is 0 Å². The third-order valence-corrected chi connectivity index (χ3v) is 3.30. The summed E-state index contributed by atoms with van der Waals surface area (Å²) in [5.74, 6) is 0.204. The minimum atomic E-state index is -0.347. The van der Waals surface area contributed by atoms with Crippen molar-refractivity contribution in [3.63, 3.8) is 0 Å². The third-order valence-electron chi connectivity index (χ3n) is 3.30. The lowest BCUT2D eigenvalue weighted by Crippen LogP contribution is -2.12. The number of hydrogen-bond acceptors (Lipinski definition) is 3. The Kier molecular flexibility index (Phi) is 3.89. The Labute approximate surface area is 119 Å². The number of aryl methyl sites for hydroxylation is 1. The van der Waals surface area contributed by atoms with Gasteiger partial charge in [0.25, 0.3) is 0 Å². The van der Waals surface area contributed by atoms with E-state index >= 15 is 0 Å². The van der Waals surface area contributed by atoms with Crippen molar-refractivity contribution >= 4 is 11.0 Å². The van der Waals surface area contributed by atoms with Crippen LogP contribution in [0.3, 0.4) is 0 Å². The molecule has 0 aliphatic heterocycles. The van der Waals surface area contributed by atoms with Crippen molar-refractivity contribution in [2.24, 2.45) is 5.41 Å². The maximum absolute atomic E-state index is 11.8.